The summed E-state index contributed by atoms with van der Waals surface area (Å²) in [6.45, 7) is 2.48. The summed E-state index contributed by atoms with van der Waals surface area (Å²) in [6, 6.07) is 9.15. The zero-order valence-corrected chi connectivity index (χ0v) is 16.6. The average molecular weight is 413 g/mol. The van der Waals surface area contributed by atoms with Crippen molar-refractivity contribution in [3.63, 3.8) is 0 Å². The molecule has 1 amide bonds. The molecule has 0 saturated carbocycles. The Bertz CT molecular complexity index is 656. The highest BCUT2D eigenvalue weighted by molar-refractivity contribution is 5.82. The van der Waals surface area contributed by atoms with E-state index in [1.54, 1.807) is 0 Å². The molecule has 0 spiro atoms. The van der Waals surface area contributed by atoms with Gasteiger partial charge in [0.15, 0.2) is 0 Å². The van der Waals surface area contributed by atoms with Crippen molar-refractivity contribution in [2.24, 2.45) is 11.7 Å². The van der Waals surface area contributed by atoms with Crippen molar-refractivity contribution in [2.45, 2.75) is 50.5 Å². The molecule has 2 saturated heterocycles. The Labute approximate surface area is 170 Å². The molecule has 2 fully saturated rings. The maximum atomic E-state index is 13.3. The lowest BCUT2D eigenvalue weighted by molar-refractivity contribution is -0.199. The average Bonchev–Trinajstić information content (AvgIpc) is 2.71. The topological polar surface area (TPSA) is 58.8 Å². The molecular weight excluding hydrogens is 383 g/mol. The number of nitrogens with zero attached hydrogens (tertiary/aromatic N) is 2. The molecule has 2 aliphatic heterocycles. The van der Waals surface area contributed by atoms with Crippen LogP contribution in [0.4, 0.5) is 13.2 Å². The lowest BCUT2D eigenvalue weighted by Gasteiger charge is -2.52. The molecule has 3 rings (SSSR count). The minimum atomic E-state index is -4.85. The van der Waals surface area contributed by atoms with Gasteiger partial charge >= 0.3 is 12.1 Å². The van der Waals surface area contributed by atoms with Gasteiger partial charge in [-0.3, -0.25) is 9.69 Å². The summed E-state index contributed by atoms with van der Waals surface area (Å²) in [5, 5.41) is 0. The molecule has 1 aromatic rings. The third kappa shape index (κ3) is 5.49. The van der Waals surface area contributed by atoms with Crippen molar-refractivity contribution in [3.05, 3.63) is 35.9 Å². The van der Waals surface area contributed by atoms with Gasteiger partial charge in [0.2, 0.25) is 0 Å². The van der Waals surface area contributed by atoms with E-state index in [4.69, 9.17) is 10.5 Å². The van der Waals surface area contributed by atoms with Crippen molar-refractivity contribution in [3.8, 4) is 0 Å². The number of alkyl halides is 3. The summed E-state index contributed by atoms with van der Waals surface area (Å²) < 4.78 is 45.6. The minimum absolute atomic E-state index is 0.0889. The van der Waals surface area contributed by atoms with Gasteiger partial charge in [0.05, 0.1) is 25.3 Å². The van der Waals surface area contributed by atoms with Crippen LogP contribution in [0.5, 0.6) is 0 Å². The number of halogens is 3. The quantitative estimate of drug-likeness (QED) is 0.699. The van der Waals surface area contributed by atoms with Crippen molar-refractivity contribution in [1.29, 1.82) is 0 Å². The third-order valence-electron chi connectivity index (χ3n) is 5.97. The number of carbonyl (C=O) groups excluding carboxylic acids is 1. The molecule has 2 aliphatic rings. The van der Waals surface area contributed by atoms with Crippen molar-refractivity contribution >= 4 is 5.91 Å². The second-order valence-electron chi connectivity index (χ2n) is 7.95. The first-order valence-corrected chi connectivity index (χ1v) is 10.4. The van der Waals surface area contributed by atoms with E-state index in [9.17, 15) is 18.0 Å². The second kappa shape index (κ2) is 9.91. The largest absolute Gasteiger partial charge is 0.471 e. The van der Waals surface area contributed by atoms with Crippen LogP contribution in [0.1, 0.15) is 31.2 Å². The molecule has 0 bridgehead atoms. The summed E-state index contributed by atoms with van der Waals surface area (Å²) in [5.41, 5.74) is 6.65. The number of rotatable bonds is 7. The van der Waals surface area contributed by atoms with E-state index in [1.165, 1.54) is 0 Å². The van der Waals surface area contributed by atoms with E-state index in [2.05, 4.69) is 4.90 Å². The highest BCUT2D eigenvalue weighted by Crippen LogP contribution is 2.34. The number of carbonyl (C=O) groups is 1. The maximum absolute atomic E-state index is 13.3. The first kappa shape index (κ1) is 22.1. The smallest absolute Gasteiger partial charge is 0.379 e. The SMILES string of the molecule is NCCCCC[C@H]1COC[C@@H]2[C@@H]1N(C(=O)C(F)(F)F)CCN2Cc1ccccc1. The molecule has 0 aliphatic carbocycles. The Morgan fingerprint density at radius 1 is 1.10 bits per heavy atom. The van der Waals surface area contributed by atoms with Gasteiger partial charge in [-0.25, -0.2) is 0 Å². The summed E-state index contributed by atoms with van der Waals surface area (Å²) in [7, 11) is 0. The number of hydrogen-bond acceptors (Lipinski definition) is 4. The fraction of sp³-hybridized carbons (Fsp3) is 0.667. The van der Waals surface area contributed by atoms with Crippen LogP contribution in [0.3, 0.4) is 0 Å². The van der Waals surface area contributed by atoms with Gasteiger partial charge in [0, 0.05) is 25.6 Å². The molecule has 162 valence electrons. The number of hydrogen-bond donors (Lipinski definition) is 1. The second-order valence-corrected chi connectivity index (χ2v) is 7.95. The van der Waals surface area contributed by atoms with E-state index < -0.39 is 18.1 Å². The number of unbranched alkanes of at least 4 members (excludes halogenated alkanes) is 2. The monoisotopic (exact) mass is 413 g/mol. The zero-order chi connectivity index (χ0) is 20.9. The van der Waals surface area contributed by atoms with E-state index in [0.29, 0.717) is 32.8 Å². The highest BCUT2D eigenvalue weighted by Gasteiger charge is 2.51. The first-order valence-electron chi connectivity index (χ1n) is 10.4. The lowest BCUT2D eigenvalue weighted by Crippen LogP contribution is -2.68. The summed E-state index contributed by atoms with van der Waals surface area (Å²) >= 11 is 0. The van der Waals surface area contributed by atoms with Gasteiger partial charge in [-0.2, -0.15) is 13.2 Å². The normalized spacial score (nSPS) is 25.7. The van der Waals surface area contributed by atoms with Crippen LogP contribution in [-0.4, -0.2) is 66.8 Å². The number of piperazine rings is 1. The van der Waals surface area contributed by atoms with Gasteiger partial charge in [-0.15, -0.1) is 0 Å². The van der Waals surface area contributed by atoms with Gasteiger partial charge < -0.3 is 15.4 Å². The van der Waals surface area contributed by atoms with Crippen LogP contribution in [0.2, 0.25) is 0 Å². The Morgan fingerprint density at radius 2 is 1.86 bits per heavy atom. The molecule has 3 atom stereocenters. The fourth-order valence-corrected chi connectivity index (χ4v) is 4.58. The molecule has 0 radical (unpaired) electrons. The molecule has 29 heavy (non-hydrogen) atoms. The molecule has 8 heteroatoms. The van der Waals surface area contributed by atoms with Gasteiger partial charge in [0.1, 0.15) is 0 Å². The number of nitrogens with two attached hydrogens (primary N) is 1. The summed E-state index contributed by atoms with van der Waals surface area (Å²) in [4.78, 5) is 15.4. The van der Waals surface area contributed by atoms with E-state index in [0.717, 1.165) is 36.1 Å². The molecule has 2 N–H and O–H groups in total. The van der Waals surface area contributed by atoms with Gasteiger partial charge in [0.25, 0.3) is 0 Å². The zero-order valence-electron chi connectivity index (χ0n) is 16.6. The first-order chi connectivity index (χ1) is 13.9. The molecule has 1 aromatic carbocycles. The van der Waals surface area contributed by atoms with Crippen LogP contribution in [0.15, 0.2) is 30.3 Å². The highest BCUT2D eigenvalue weighted by atomic mass is 19.4. The van der Waals surface area contributed by atoms with Gasteiger partial charge in [-0.1, -0.05) is 43.2 Å². The predicted octanol–water partition coefficient (Wildman–Crippen LogP) is 2.80. The van der Waals surface area contributed by atoms with E-state index in [-0.39, 0.29) is 18.5 Å². The van der Waals surface area contributed by atoms with Crippen LogP contribution in [0.25, 0.3) is 0 Å². The maximum Gasteiger partial charge on any atom is 0.471 e. The Morgan fingerprint density at radius 3 is 2.55 bits per heavy atom. The van der Waals surface area contributed by atoms with Crippen LogP contribution in [0, 0.1) is 5.92 Å². The third-order valence-corrected chi connectivity index (χ3v) is 5.97. The fourth-order valence-electron chi connectivity index (χ4n) is 4.58. The molecular formula is C21H30F3N3O2. The predicted molar refractivity (Wildman–Crippen MR) is 104 cm³/mol. The Hall–Kier alpha value is -1.64. The standard InChI is InChI=1S/C21H30F3N3O2/c22-21(23,24)20(28)27-12-11-26(13-16-7-3-1-4-8-16)18-15-29-14-17(19(18)27)9-5-2-6-10-25/h1,3-4,7-8,17-19H,2,5-6,9-15,25H2/t17-,18+,19+/m0/s1. The van der Waals surface area contributed by atoms with Gasteiger partial charge in [-0.05, 0) is 24.9 Å². The minimum Gasteiger partial charge on any atom is -0.379 e. The number of ether oxygens (including phenoxy) is 1. The molecule has 0 unspecified atom stereocenters. The van der Waals surface area contributed by atoms with Crippen molar-refractivity contribution in [2.75, 3.05) is 32.8 Å². The number of benzene rings is 1. The number of fused-ring (bicyclic) bond motifs is 1. The van der Waals surface area contributed by atoms with Crippen molar-refractivity contribution < 1.29 is 22.7 Å². The summed E-state index contributed by atoms with van der Waals surface area (Å²) in [6.07, 6.45) is -1.41. The Kier molecular flexibility index (Phi) is 7.54. The molecule has 0 aromatic heterocycles. The van der Waals surface area contributed by atoms with Crippen LogP contribution in [-0.2, 0) is 16.1 Å². The Balaban J connectivity index is 1.79. The van der Waals surface area contributed by atoms with E-state index >= 15 is 0 Å². The van der Waals surface area contributed by atoms with E-state index in [1.807, 2.05) is 30.3 Å². The van der Waals surface area contributed by atoms with Crippen LogP contribution >= 0.6 is 0 Å². The number of amides is 1. The lowest BCUT2D eigenvalue weighted by atomic mass is 9.83. The van der Waals surface area contributed by atoms with Crippen LogP contribution < -0.4 is 5.73 Å². The van der Waals surface area contributed by atoms with Crippen molar-refractivity contribution in [1.82, 2.24) is 9.80 Å². The molecule has 2 heterocycles. The molecule has 5 nitrogen and oxygen atoms in total. The summed E-state index contributed by atoms with van der Waals surface area (Å²) in [5.74, 6) is -1.82.